The van der Waals surface area contributed by atoms with Crippen molar-refractivity contribution in [3.63, 3.8) is 0 Å². The van der Waals surface area contributed by atoms with Crippen molar-refractivity contribution in [2.75, 3.05) is 27.5 Å². The molecule has 1 heterocycles. The molecule has 1 aliphatic rings. The van der Waals surface area contributed by atoms with Gasteiger partial charge in [0.1, 0.15) is 5.75 Å². The normalized spacial score (nSPS) is 14.1. The number of hydrogen-bond acceptors (Lipinski definition) is 5. The molecular formula is C18H21NO4. The molecule has 0 aromatic heterocycles. The summed E-state index contributed by atoms with van der Waals surface area (Å²) in [5, 5.41) is 10.4. The number of benzene rings is 2. The van der Waals surface area contributed by atoms with E-state index < -0.39 is 6.10 Å². The minimum atomic E-state index is -0.542. The van der Waals surface area contributed by atoms with E-state index in [0.717, 1.165) is 34.9 Å². The second-order valence-corrected chi connectivity index (χ2v) is 5.67. The Kier molecular flexibility index (Phi) is 4.69. The van der Waals surface area contributed by atoms with Crippen molar-refractivity contribution in [3.05, 3.63) is 53.6 Å². The lowest BCUT2D eigenvalue weighted by atomic mass is 10.1. The summed E-state index contributed by atoms with van der Waals surface area (Å²) in [5.74, 6) is 2.36. The first kappa shape index (κ1) is 15.6. The van der Waals surface area contributed by atoms with Crippen molar-refractivity contribution in [1.29, 1.82) is 0 Å². The molecule has 3 rings (SSSR count). The van der Waals surface area contributed by atoms with E-state index >= 15 is 0 Å². The van der Waals surface area contributed by atoms with Crippen LogP contribution in [0.15, 0.2) is 42.5 Å². The molecule has 1 N–H and O–H groups in total. The number of methoxy groups -OCH3 is 1. The van der Waals surface area contributed by atoms with Crippen LogP contribution in [0.4, 0.5) is 0 Å². The molecule has 5 nitrogen and oxygen atoms in total. The van der Waals surface area contributed by atoms with Gasteiger partial charge in [-0.15, -0.1) is 0 Å². The Hall–Kier alpha value is -2.24. The fraction of sp³-hybridized carbons (Fsp3) is 0.333. The minimum Gasteiger partial charge on any atom is -0.497 e. The van der Waals surface area contributed by atoms with Crippen LogP contribution in [-0.2, 0) is 6.54 Å². The molecule has 0 saturated heterocycles. The highest BCUT2D eigenvalue weighted by atomic mass is 16.7. The number of aliphatic hydroxyl groups is 1. The van der Waals surface area contributed by atoms with E-state index in [9.17, 15) is 5.11 Å². The Morgan fingerprint density at radius 2 is 1.87 bits per heavy atom. The average Bonchev–Trinajstić information content (AvgIpc) is 3.02. The van der Waals surface area contributed by atoms with E-state index in [-0.39, 0.29) is 6.79 Å². The van der Waals surface area contributed by atoms with Crippen LogP contribution in [0.25, 0.3) is 0 Å². The fourth-order valence-electron chi connectivity index (χ4n) is 2.64. The van der Waals surface area contributed by atoms with Crippen LogP contribution in [0.5, 0.6) is 17.2 Å². The minimum absolute atomic E-state index is 0.283. The highest BCUT2D eigenvalue weighted by molar-refractivity contribution is 5.44. The lowest BCUT2D eigenvalue weighted by Gasteiger charge is -2.21. The second-order valence-electron chi connectivity index (χ2n) is 5.67. The Bertz CT molecular complexity index is 657. The first-order valence-corrected chi connectivity index (χ1v) is 7.55. The number of fused-ring (bicyclic) bond motifs is 1. The van der Waals surface area contributed by atoms with Gasteiger partial charge in [0.05, 0.1) is 13.2 Å². The van der Waals surface area contributed by atoms with Crippen LogP contribution >= 0.6 is 0 Å². The first-order chi connectivity index (χ1) is 11.2. The lowest BCUT2D eigenvalue weighted by molar-refractivity contribution is 0.124. The maximum Gasteiger partial charge on any atom is 0.231 e. The van der Waals surface area contributed by atoms with Crippen molar-refractivity contribution in [1.82, 2.24) is 4.90 Å². The summed E-state index contributed by atoms with van der Waals surface area (Å²) in [7, 11) is 3.61. The van der Waals surface area contributed by atoms with Crippen molar-refractivity contribution >= 4 is 0 Å². The monoisotopic (exact) mass is 315 g/mol. The van der Waals surface area contributed by atoms with Gasteiger partial charge >= 0.3 is 0 Å². The number of hydrogen-bond donors (Lipinski definition) is 1. The fourth-order valence-corrected chi connectivity index (χ4v) is 2.64. The van der Waals surface area contributed by atoms with Crippen LogP contribution in [0, 0.1) is 0 Å². The summed E-state index contributed by atoms with van der Waals surface area (Å²) in [6.07, 6.45) is -0.542. The van der Waals surface area contributed by atoms with Gasteiger partial charge in [-0.3, -0.25) is 4.90 Å². The van der Waals surface area contributed by atoms with E-state index in [1.165, 1.54) is 0 Å². The number of ether oxygens (including phenoxy) is 3. The molecule has 0 radical (unpaired) electrons. The van der Waals surface area contributed by atoms with E-state index in [2.05, 4.69) is 4.90 Å². The summed E-state index contributed by atoms with van der Waals surface area (Å²) < 4.78 is 15.8. The Morgan fingerprint density at radius 1 is 1.13 bits per heavy atom. The van der Waals surface area contributed by atoms with Gasteiger partial charge in [0, 0.05) is 13.1 Å². The van der Waals surface area contributed by atoms with Crippen molar-refractivity contribution in [2.45, 2.75) is 12.6 Å². The van der Waals surface area contributed by atoms with Gasteiger partial charge in [0.15, 0.2) is 11.5 Å². The van der Waals surface area contributed by atoms with Crippen molar-refractivity contribution in [2.24, 2.45) is 0 Å². The molecule has 2 aromatic rings. The predicted molar refractivity (Wildman–Crippen MR) is 86.9 cm³/mol. The largest absolute Gasteiger partial charge is 0.497 e. The highest BCUT2D eigenvalue weighted by Gasteiger charge is 2.15. The van der Waals surface area contributed by atoms with Crippen LogP contribution in [0.1, 0.15) is 17.2 Å². The SMILES string of the molecule is COc1ccc(C(O)CN(C)Cc2ccc3c(c2)OCO3)cc1. The molecule has 23 heavy (non-hydrogen) atoms. The average molecular weight is 315 g/mol. The van der Waals surface area contributed by atoms with E-state index in [4.69, 9.17) is 14.2 Å². The zero-order valence-electron chi connectivity index (χ0n) is 13.4. The molecule has 1 aliphatic heterocycles. The van der Waals surface area contributed by atoms with Gasteiger partial charge in [0.25, 0.3) is 0 Å². The molecule has 5 heteroatoms. The predicted octanol–water partition coefficient (Wildman–Crippen LogP) is 2.59. The molecule has 122 valence electrons. The van der Waals surface area contributed by atoms with Crippen molar-refractivity contribution < 1.29 is 19.3 Å². The van der Waals surface area contributed by atoms with Gasteiger partial charge in [-0.25, -0.2) is 0 Å². The molecule has 1 atom stereocenters. The van der Waals surface area contributed by atoms with Crippen LogP contribution in [-0.4, -0.2) is 37.5 Å². The molecule has 2 aromatic carbocycles. The third-order valence-electron chi connectivity index (χ3n) is 3.87. The number of nitrogens with zero attached hydrogens (tertiary/aromatic N) is 1. The van der Waals surface area contributed by atoms with E-state index in [0.29, 0.717) is 6.54 Å². The summed E-state index contributed by atoms with van der Waals surface area (Å²) >= 11 is 0. The van der Waals surface area contributed by atoms with Gasteiger partial charge in [-0.2, -0.15) is 0 Å². The molecule has 0 aliphatic carbocycles. The smallest absolute Gasteiger partial charge is 0.231 e. The Morgan fingerprint density at radius 3 is 2.61 bits per heavy atom. The van der Waals surface area contributed by atoms with Crippen LogP contribution in [0.3, 0.4) is 0 Å². The van der Waals surface area contributed by atoms with Gasteiger partial charge in [0.2, 0.25) is 6.79 Å². The third kappa shape index (κ3) is 3.75. The summed E-state index contributed by atoms with van der Waals surface area (Å²) in [5.41, 5.74) is 2.00. The zero-order valence-corrected chi connectivity index (χ0v) is 13.4. The van der Waals surface area contributed by atoms with Crippen LogP contribution < -0.4 is 14.2 Å². The van der Waals surface area contributed by atoms with Crippen LogP contribution in [0.2, 0.25) is 0 Å². The lowest BCUT2D eigenvalue weighted by Crippen LogP contribution is -2.24. The zero-order chi connectivity index (χ0) is 16.2. The second kappa shape index (κ2) is 6.89. The van der Waals surface area contributed by atoms with Crippen molar-refractivity contribution in [3.8, 4) is 17.2 Å². The summed E-state index contributed by atoms with van der Waals surface area (Å²) in [6, 6.07) is 13.4. The topological polar surface area (TPSA) is 51.2 Å². The summed E-state index contributed by atoms with van der Waals surface area (Å²) in [6.45, 7) is 1.55. The molecule has 0 bridgehead atoms. The van der Waals surface area contributed by atoms with Gasteiger partial charge in [-0.05, 0) is 42.4 Å². The van der Waals surface area contributed by atoms with E-state index in [1.54, 1.807) is 7.11 Å². The summed E-state index contributed by atoms with van der Waals surface area (Å²) in [4.78, 5) is 2.08. The molecule has 0 saturated carbocycles. The molecule has 1 unspecified atom stereocenters. The molecular weight excluding hydrogens is 294 g/mol. The molecule has 0 amide bonds. The third-order valence-corrected chi connectivity index (χ3v) is 3.87. The van der Waals surface area contributed by atoms with E-state index in [1.807, 2.05) is 49.5 Å². The maximum absolute atomic E-state index is 10.4. The Labute approximate surface area is 136 Å². The quantitative estimate of drug-likeness (QED) is 0.888. The number of aliphatic hydroxyl groups excluding tert-OH is 1. The highest BCUT2D eigenvalue weighted by Crippen LogP contribution is 2.32. The number of likely N-dealkylation sites (N-methyl/N-ethyl adjacent to an activating group) is 1. The standard InChI is InChI=1S/C18H21NO4/c1-19(10-13-3-8-17-18(9-13)23-12-22-17)11-16(20)14-4-6-15(21-2)7-5-14/h3-9,16,20H,10-12H2,1-2H3. The maximum atomic E-state index is 10.4. The van der Waals surface area contributed by atoms with Gasteiger partial charge in [-0.1, -0.05) is 18.2 Å². The van der Waals surface area contributed by atoms with Gasteiger partial charge < -0.3 is 19.3 Å². The Balaban J connectivity index is 1.58. The molecule has 0 fully saturated rings. The number of rotatable bonds is 6. The molecule has 0 spiro atoms. The first-order valence-electron chi connectivity index (χ1n) is 7.55.